The highest BCUT2D eigenvalue weighted by atomic mass is 16.5. The van der Waals surface area contributed by atoms with Gasteiger partial charge in [0.2, 0.25) is 6.39 Å². The van der Waals surface area contributed by atoms with Crippen molar-refractivity contribution >= 4 is 17.4 Å². The molecule has 3 aromatic rings. The minimum absolute atomic E-state index is 0.105. The van der Waals surface area contributed by atoms with Crippen LogP contribution in [0.15, 0.2) is 35.3 Å². The molecule has 0 unspecified atom stereocenters. The fourth-order valence-electron chi connectivity index (χ4n) is 1.92. The second-order valence-electron chi connectivity index (χ2n) is 4.07. The third-order valence-corrected chi connectivity index (χ3v) is 2.78. The Morgan fingerprint density at radius 2 is 2.35 bits per heavy atom. The molecule has 0 amide bonds. The molecule has 20 heavy (non-hydrogen) atoms. The quantitative estimate of drug-likeness (QED) is 0.716. The Balaban J connectivity index is 1.83. The topological polar surface area (TPSA) is 106 Å². The minimum Gasteiger partial charge on any atom is -0.476 e. The number of aromatic carboxylic acids is 1. The normalized spacial score (nSPS) is 10.8. The molecule has 0 bridgehead atoms. The third-order valence-electron chi connectivity index (χ3n) is 2.78. The maximum absolute atomic E-state index is 11.3. The lowest BCUT2D eigenvalue weighted by molar-refractivity contribution is 0.0690. The van der Waals surface area contributed by atoms with Gasteiger partial charge in [-0.15, -0.1) is 0 Å². The summed E-state index contributed by atoms with van der Waals surface area (Å²) in [5, 5.41) is 16.0. The zero-order valence-corrected chi connectivity index (χ0v) is 10.4. The van der Waals surface area contributed by atoms with Crippen LogP contribution in [0.1, 0.15) is 16.3 Å². The summed E-state index contributed by atoms with van der Waals surface area (Å²) in [5.74, 6) is -0.156. The summed E-state index contributed by atoms with van der Waals surface area (Å²) in [6.45, 7) is 0.462. The Morgan fingerprint density at radius 1 is 1.45 bits per heavy atom. The summed E-state index contributed by atoms with van der Waals surface area (Å²) >= 11 is 0. The molecule has 8 heteroatoms. The number of carboxylic acid groups (broad SMARTS) is 1. The van der Waals surface area contributed by atoms with E-state index in [1.807, 2.05) is 0 Å². The van der Waals surface area contributed by atoms with E-state index in [1.54, 1.807) is 24.4 Å². The molecule has 0 saturated heterocycles. The smallest absolute Gasteiger partial charge is 0.356 e. The molecule has 0 atom stereocenters. The standard InChI is InChI=1S/C12H11N5O3/c18-12(19)10-11(13-5-4-8-14-7-20-16-8)15-9-3-1-2-6-17(9)10/h1-3,6-7,13H,4-5H2,(H,18,19). The maximum Gasteiger partial charge on any atom is 0.356 e. The number of pyridine rings is 1. The summed E-state index contributed by atoms with van der Waals surface area (Å²) in [5.41, 5.74) is 0.681. The molecule has 0 aliphatic heterocycles. The fourth-order valence-corrected chi connectivity index (χ4v) is 1.92. The van der Waals surface area contributed by atoms with Gasteiger partial charge in [0.05, 0.1) is 0 Å². The van der Waals surface area contributed by atoms with Gasteiger partial charge in [0, 0.05) is 19.2 Å². The predicted octanol–water partition coefficient (Wildman–Crippen LogP) is 1.07. The van der Waals surface area contributed by atoms with Crippen LogP contribution in [0.5, 0.6) is 0 Å². The number of aromatic nitrogens is 4. The van der Waals surface area contributed by atoms with E-state index in [4.69, 9.17) is 0 Å². The number of rotatable bonds is 5. The van der Waals surface area contributed by atoms with Gasteiger partial charge >= 0.3 is 5.97 Å². The van der Waals surface area contributed by atoms with E-state index >= 15 is 0 Å². The summed E-state index contributed by atoms with van der Waals surface area (Å²) in [6, 6.07) is 5.30. The Morgan fingerprint density at radius 3 is 3.10 bits per heavy atom. The van der Waals surface area contributed by atoms with Crippen molar-refractivity contribution in [3.63, 3.8) is 0 Å². The van der Waals surface area contributed by atoms with Gasteiger partial charge in [-0.2, -0.15) is 4.98 Å². The molecule has 3 rings (SSSR count). The summed E-state index contributed by atoms with van der Waals surface area (Å²) in [6.07, 6.45) is 3.43. The van der Waals surface area contributed by atoms with Crippen LogP contribution in [0.2, 0.25) is 0 Å². The number of nitrogens with zero attached hydrogens (tertiary/aromatic N) is 4. The number of fused-ring (bicyclic) bond motifs is 1. The monoisotopic (exact) mass is 273 g/mol. The van der Waals surface area contributed by atoms with Gasteiger partial charge in [-0.05, 0) is 12.1 Å². The van der Waals surface area contributed by atoms with E-state index in [9.17, 15) is 9.90 Å². The van der Waals surface area contributed by atoms with Gasteiger partial charge in [-0.25, -0.2) is 9.78 Å². The number of imidazole rings is 1. The number of nitrogens with one attached hydrogen (secondary N) is 1. The Hall–Kier alpha value is -2.90. The molecule has 0 aromatic carbocycles. The van der Waals surface area contributed by atoms with Gasteiger partial charge in [-0.3, -0.25) is 4.40 Å². The highest BCUT2D eigenvalue weighted by molar-refractivity contribution is 5.92. The van der Waals surface area contributed by atoms with Crippen LogP contribution in [0.25, 0.3) is 5.65 Å². The Kier molecular flexibility index (Phi) is 3.04. The van der Waals surface area contributed by atoms with E-state index in [2.05, 4.69) is 25.0 Å². The van der Waals surface area contributed by atoms with Gasteiger partial charge in [0.15, 0.2) is 17.3 Å². The SMILES string of the molecule is O=C(O)c1c(NCCc2ncon2)nc2ccccn12. The highest BCUT2D eigenvalue weighted by Crippen LogP contribution is 2.17. The van der Waals surface area contributed by atoms with Crippen LogP contribution in [0.3, 0.4) is 0 Å². The average molecular weight is 273 g/mol. The fraction of sp³-hybridized carbons (Fsp3) is 0.167. The van der Waals surface area contributed by atoms with Crippen LogP contribution in [-0.4, -0.2) is 37.1 Å². The lowest BCUT2D eigenvalue weighted by Gasteiger charge is -2.02. The molecule has 8 nitrogen and oxygen atoms in total. The highest BCUT2D eigenvalue weighted by Gasteiger charge is 2.17. The van der Waals surface area contributed by atoms with Crippen LogP contribution < -0.4 is 5.32 Å². The largest absolute Gasteiger partial charge is 0.476 e. The van der Waals surface area contributed by atoms with Gasteiger partial charge < -0.3 is 14.9 Å². The van der Waals surface area contributed by atoms with E-state index < -0.39 is 5.97 Å². The zero-order chi connectivity index (χ0) is 13.9. The number of hydrogen-bond acceptors (Lipinski definition) is 6. The van der Waals surface area contributed by atoms with Crippen molar-refractivity contribution in [2.75, 3.05) is 11.9 Å². The lowest BCUT2D eigenvalue weighted by atomic mass is 10.3. The lowest BCUT2D eigenvalue weighted by Crippen LogP contribution is -2.11. The molecule has 2 N–H and O–H groups in total. The van der Waals surface area contributed by atoms with Crippen molar-refractivity contribution in [2.45, 2.75) is 6.42 Å². The van der Waals surface area contributed by atoms with Crippen LogP contribution in [0.4, 0.5) is 5.82 Å². The van der Waals surface area contributed by atoms with Gasteiger partial charge in [0.1, 0.15) is 5.65 Å². The Bertz CT molecular complexity index is 735. The van der Waals surface area contributed by atoms with Gasteiger partial charge in [-0.1, -0.05) is 11.2 Å². The van der Waals surface area contributed by atoms with E-state index in [1.165, 1.54) is 10.8 Å². The van der Waals surface area contributed by atoms with Crippen LogP contribution in [-0.2, 0) is 6.42 Å². The number of anilines is 1. The second kappa shape index (κ2) is 5.00. The van der Waals surface area contributed by atoms with E-state index in [0.29, 0.717) is 30.3 Å². The molecule has 3 aromatic heterocycles. The molecule has 0 aliphatic carbocycles. The van der Waals surface area contributed by atoms with Crippen LogP contribution in [0, 0.1) is 0 Å². The molecule has 0 aliphatic rings. The van der Waals surface area contributed by atoms with E-state index in [-0.39, 0.29) is 5.69 Å². The average Bonchev–Trinajstić information content (AvgIpc) is 3.05. The molecule has 0 fully saturated rings. The number of hydrogen-bond donors (Lipinski definition) is 2. The Labute approximate surface area is 113 Å². The van der Waals surface area contributed by atoms with Crippen molar-refractivity contribution in [1.29, 1.82) is 0 Å². The number of carboxylic acids is 1. The van der Waals surface area contributed by atoms with Gasteiger partial charge in [0.25, 0.3) is 0 Å². The summed E-state index contributed by atoms with van der Waals surface area (Å²) in [4.78, 5) is 19.5. The molecule has 0 saturated carbocycles. The first-order valence-electron chi connectivity index (χ1n) is 5.95. The third kappa shape index (κ3) is 2.18. The molecular formula is C12H11N5O3. The zero-order valence-electron chi connectivity index (χ0n) is 10.4. The summed E-state index contributed by atoms with van der Waals surface area (Å²) < 4.78 is 6.15. The molecular weight excluding hydrogens is 262 g/mol. The van der Waals surface area contributed by atoms with Crippen molar-refractivity contribution in [1.82, 2.24) is 19.5 Å². The first kappa shape index (κ1) is 12.2. The first-order chi connectivity index (χ1) is 9.75. The minimum atomic E-state index is -1.04. The molecule has 3 heterocycles. The van der Waals surface area contributed by atoms with E-state index in [0.717, 1.165) is 0 Å². The van der Waals surface area contributed by atoms with Crippen LogP contribution >= 0.6 is 0 Å². The molecule has 102 valence electrons. The van der Waals surface area contributed by atoms with Crippen molar-refractivity contribution in [3.8, 4) is 0 Å². The van der Waals surface area contributed by atoms with Crippen molar-refractivity contribution < 1.29 is 14.4 Å². The maximum atomic E-state index is 11.3. The predicted molar refractivity (Wildman–Crippen MR) is 68.6 cm³/mol. The first-order valence-corrected chi connectivity index (χ1v) is 5.95. The molecule has 0 radical (unpaired) electrons. The van der Waals surface area contributed by atoms with Crippen molar-refractivity contribution in [3.05, 3.63) is 42.3 Å². The summed E-state index contributed by atoms with van der Waals surface area (Å²) in [7, 11) is 0. The number of carbonyl (C=O) groups is 1. The second-order valence-corrected chi connectivity index (χ2v) is 4.07. The molecule has 0 spiro atoms. The van der Waals surface area contributed by atoms with Crippen molar-refractivity contribution in [2.24, 2.45) is 0 Å².